The van der Waals surface area contributed by atoms with Crippen LogP contribution < -0.4 is 0 Å². The Morgan fingerprint density at radius 2 is 0.408 bits per heavy atom. The van der Waals surface area contributed by atoms with Gasteiger partial charge >= 0.3 is 39.5 Å². The first kappa shape index (κ1) is 96.1. The molecule has 0 saturated carbocycles. The minimum Gasteiger partial charge on any atom is -0.462 e. The van der Waals surface area contributed by atoms with Crippen molar-refractivity contribution in [1.82, 2.24) is 0 Å². The molecule has 0 aliphatic carbocycles. The van der Waals surface area contributed by atoms with E-state index in [2.05, 4.69) is 27.7 Å². The van der Waals surface area contributed by atoms with E-state index in [-0.39, 0.29) is 25.7 Å². The van der Waals surface area contributed by atoms with Gasteiger partial charge in [-0.15, -0.1) is 0 Å². The maximum atomic E-state index is 13.1. The molecule has 0 fully saturated rings. The molecule has 19 heteroatoms. The van der Waals surface area contributed by atoms with Gasteiger partial charge in [0.15, 0.2) is 12.2 Å². The molecule has 0 aliphatic rings. The molecular weight excluding hydrogens is 1280 g/mol. The van der Waals surface area contributed by atoms with Gasteiger partial charge in [0, 0.05) is 25.7 Å². The molecule has 98 heavy (non-hydrogen) atoms. The van der Waals surface area contributed by atoms with Crippen LogP contribution in [0.5, 0.6) is 0 Å². The van der Waals surface area contributed by atoms with Crippen LogP contribution in [0.25, 0.3) is 0 Å². The Morgan fingerprint density at radius 1 is 0.245 bits per heavy atom. The van der Waals surface area contributed by atoms with Crippen LogP contribution in [0.2, 0.25) is 0 Å². The molecule has 0 radical (unpaired) electrons. The van der Waals surface area contributed by atoms with Gasteiger partial charge < -0.3 is 33.8 Å². The molecule has 0 aromatic heterocycles. The molecule has 5 atom stereocenters. The number of aliphatic hydroxyl groups excluding tert-OH is 1. The summed E-state index contributed by atoms with van der Waals surface area (Å²) in [5.74, 6) is -2.11. The Hall–Kier alpha value is -1.94. The first-order valence-electron chi connectivity index (χ1n) is 41.3. The zero-order chi connectivity index (χ0) is 71.8. The van der Waals surface area contributed by atoms with Gasteiger partial charge in [-0.25, -0.2) is 9.13 Å². The lowest BCUT2D eigenvalue weighted by Gasteiger charge is -2.21. The highest BCUT2D eigenvalue weighted by molar-refractivity contribution is 7.47. The summed E-state index contributed by atoms with van der Waals surface area (Å²) >= 11 is 0. The van der Waals surface area contributed by atoms with Gasteiger partial charge in [-0.05, 0) is 25.7 Å². The van der Waals surface area contributed by atoms with E-state index in [4.69, 9.17) is 37.0 Å². The SMILES string of the molecule is CCCCCCCCCCCCCCCCCCCCCCC(=O)O[C@H](COC(=O)CCCCCCCCCCCCCCCCCCCCC)COP(=O)(O)OC[C@@H](O)COP(=O)(O)OC[C@@H](COC(=O)CCCCCCCCCCC)OC(=O)CCCCCCCCCCCC. The fourth-order valence-corrected chi connectivity index (χ4v) is 13.9. The summed E-state index contributed by atoms with van der Waals surface area (Å²) in [6.45, 7) is 4.98. The lowest BCUT2D eigenvalue weighted by atomic mass is 10.0. The third-order valence-corrected chi connectivity index (χ3v) is 20.5. The summed E-state index contributed by atoms with van der Waals surface area (Å²) in [5.41, 5.74) is 0. The third-order valence-electron chi connectivity index (χ3n) is 18.6. The minimum absolute atomic E-state index is 0.107. The topological polar surface area (TPSA) is 237 Å². The van der Waals surface area contributed by atoms with Gasteiger partial charge in [0.05, 0.1) is 26.4 Å². The van der Waals surface area contributed by atoms with Crippen molar-refractivity contribution in [2.75, 3.05) is 39.6 Å². The summed E-state index contributed by atoms with van der Waals surface area (Å²) in [7, 11) is -9.91. The monoisotopic (exact) mass is 1440 g/mol. The number of hydrogen-bond acceptors (Lipinski definition) is 15. The molecular formula is C79H154O17P2. The smallest absolute Gasteiger partial charge is 0.462 e. The van der Waals surface area contributed by atoms with E-state index in [0.29, 0.717) is 25.7 Å². The van der Waals surface area contributed by atoms with Gasteiger partial charge in [0.25, 0.3) is 0 Å². The zero-order valence-electron chi connectivity index (χ0n) is 63.8. The molecule has 0 rings (SSSR count). The van der Waals surface area contributed by atoms with Crippen molar-refractivity contribution >= 4 is 39.5 Å². The Bertz CT molecular complexity index is 1860. The maximum absolute atomic E-state index is 13.1. The lowest BCUT2D eigenvalue weighted by Crippen LogP contribution is -2.30. The van der Waals surface area contributed by atoms with Crippen molar-refractivity contribution in [2.45, 2.75) is 444 Å². The Morgan fingerprint density at radius 3 is 0.602 bits per heavy atom. The number of ether oxygens (including phenoxy) is 4. The zero-order valence-corrected chi connectivity index (χ0v) is 65.6. The summed E-state index contributed by atoms with van der Waals surface area (Å²) in [6, 6.07) is 0. The van der Waals surface area contributed by atoms with Crippen LogP contribution in [-0.2, 0) is 65.4 Å². The quantitative estimate of drug-likeness (QED) is 0.0222. The number of phosphoric ester groups is 2. The van der Waals surface area contributed by atoms with Crippen LogP contribution in [0.3, 0.4) is 0 Å². The van der Waals surface area contributed by atoms with Crippen LogP contribution in [0.15, 0.2) is 0 Å². The molecule has 0 saturated heterocycles. The average molecular weight is 1440 g/mol. The molecule has 2 unspecified atom stereocenters. The molecule has 0 aromatic carbocycles. The summed E-state index contributed by atoms with van der Waals surface area (Å²) in [4.78, 5) is 72.8. The Labute approximate surface area is 600 Å². The largest absolute Gasteiger partial charge is 0.472 e. The molecule has 17 nitrogen and oxygen atoms in total. The molecule has 582 valence electrons. The van der Waals surface area contributed by atoms with E-state index in [1.54, 1.807) is 0 Å². The van der Waals surface area contributed by atoms with Gasteiger partial charge in [0.2, 0.25) is 0 Å². The molecule has 0 aromatic rings. The first-order valence-corrected chi connectivity index (χ1v) is 44.3. The normalized spacial score (nSPS) is 13.8. The van der Waals surface area contributed by atoms with Gasteiger partial charge in [0.1, 0.15) is 19.3 Å². The minimum atomic E-state index is -4.96. The molecule has 0 amide bonds. The van der Waals surface area contributed by atoms with Crippen LogP contribution in [0.1, 0.15) is 426 Å². The molecule has 0 spiro atoms. The van der Waals surface area contributed by atoms with Crippen molar-refractivity contribution in [2.24, 2.45) is 0 Å². The predicted molar refractivity (Wildman–Crippen MR) is 400 cm³/mol. The molecule has 3 N–H and O–H groups in total. The van der Waals surface area contributed by atoms with E-state index in [1.807, 2.05) is 0 Å². The van der Waals surface area contributed by atoms with E-state index in [0.717, 1.165) is 89.9 Å². The average Bonchev–Trinajstić information content (AvgIpc) is 1.06. The van der Waals surface area contributed by atoms with Crippen LogP contribution in [0, 0.1) is 0 Å². The number of unbranched alkanes of at least 4 members (excludes halogenated alkanes) is 54. The second-order valence-corrected chi connectivity index (χ2v) is 31.4. The number of aliphatic hydroxyl groups is 1. The molecule has 0 bridgehead atoms. The second-order valence-electron chi connectivity index (χ2n) is 28.5. The fourth-order valence-electron chi connectivity index (χ4n) is 12.3. The summed E-state index contributed by atoms with van der Waals surface area (Å²) in [6.07, 6.45) is 65.4. The van der Waals surface area contributed by atoms with Gasteiger partial charge in [-0.2, -0.15) is 0 Å². The van der Waals surface area contributed by atoms with Crippen molar-refractivity contribution in [3.05, 3.63) is 0 Å². The standard InChI is InChI=1S/C79H154O17P2/c1-5-9-13-17-21-25-28-30-32-34-36-38-40-42-44-46-50-54-58-62-66-79(84)96-75(70-90-77(82)64-60-56-52-49-45-43-41-39-37-35-33-31-29-26-22-18-14-10-6-2)72-94-98(87,88)92-68-73(80)67-91-97(85,86)93-71-74(69-89-76(81)63-59-55-51-47-24-20-16-12-8-4)95-78(83)65-61-57-53-48-27-23-19-15-11-7-3/h73-75,80H,5-72H2,1-4H3,(H,85,86)(H,87,88)/t73-,74+,75+/m0/s1. The number of phosphoric acid groups is 2. The third kappa shape index (κ3) is 72.4. The summed E-state index contributed by atoms with van der Waals surface area (Å²) in [5, 5.41) is 10.6. The van der Waals surface area contributed by atoms with E-state index in [9.17, 15) is 43.2 Å². The predicted octanol–water partition coefficient (Wildman–Crippen LogP) is 23.8. The first-order chi connectivity index (χ1) is 47.7. The Balaban J connectivity index is 5.17. The van der Waals surface area contributed by atoms with Gasteiger partial charge in [-0.1, -0.05) is 374 Å². The number of carbonyl (C=O) groups is 4. The molecule has 0 aliphatic heterocycles. The van der Waals surface area contributed by atoms with Crippen molar-refractivity contribution < 1.29 is 80.2 Å². The number of hydrogen-bond donors (Lipinski definition) is 3. The van der Waals surface area contributed by atoms with E-state index < -0.39 is 97.5 Å². The van der Waals surface area contributed by atoms with Crippen LogP contribution >= 0.6 is 15.6 Å². The van der Waals surface area contributed by atoms with Crippen LogP contribution in [-0.4, -0.2) is 96.7 Å². The van der Waals surface area contributed by atoms with Crippen LogP contribution in [0.4, 0.5) is 0 Å². The van der Waals surface area contributed by atoms with Gasteiger partial charge in [-0.3, -0.25) is 37.3 Å². The highest BCUT2D eigenvalue weighted by Crippen LogP contribution is 2.45. The fraction of sp³-hybridized carbons (Fsp3) is 0.949. The van der Waals surface area contributed by atoms with Crippen molar-refractivity contribution in [3.63, 3.8) is 0 Å². The second kappa shape index (κ2) is 73.4. The molecule has 0 heterocycles. The van der Waals surface area contributed by atoms with Crippen molar-refractivity contribution in [1.29, 1.82) is 0 Å². The number of carbonyl (C=O) groups excluding carboxylic acids is 4. The maximum Gasteiger partial charge on any atom is 0.472 e. The highest BCUT2D eigenvalue weighted by atomic mass is 31.2. The van der Waals surface area contributed by atoms with E-state index in [1.165, 1.54) is 257 Å². The van der Waals surface area contributed by atoms with Crippen molar-refractivity contribution in [3.8, 4) is 0 Å². The number of esters is 4. The van der Waals surface area contributed by atoms with E-state index >= 15 is 0 Å². The summed E-state index contributed by atoms with van der Waals surface area (Å²) < 4.78 is 68.5. The Kier molecular flexibility index (Phi) is 71.9. The lowest BCUT2D eigenvalue weighted by molar-refractivity contribution is -0.161. The highest BCUT2D eigenvalue weighted by Gasteiger charge is 2.30. The number of rotatable bonds is 80.